The summed E-state index contributed by atoms with van der Waals surface area (Å²) in [7, 11) is 0. The van der Waals surface area contributed by atoms with E-state index in [0.29, 0.717) is 24.7 Å². The number of ether oxygens (including phenoxy) is 2. The Labute approximate surface area is 169 Å². The van der Waals surface area contributed by atoms with Crippen LogP contribution in [0.3, 0.4) is 0 Å². The third kappa shape index (κ3) is 6.56. The molecule has 0 saturated carbocycles. The molecule has 2 aromatic rings. The van der Waals surface area contributed by atoms with Crippen LogP contribution in [-0.2, 0) is 11.3 Å². The van der Waals surface area contributed by atoms with Crippen molar-refractivity contribution in [3.05, 3.63) is 58.1 Å². The fraction of sp³-hybridized carbons (Fsp3) is 0.381. The minimum Gasteiger partial charge on any atom is -0.490 e. The molecule has 1 unspecified atom stereocenters. The first-order valence-electron chi connectivity index (χ1n) is 9.19. The molecule has 0 aliphatic rings. The predicted octanol–water partition coefficient (Wildman–Crippen LogP) is 4.34. The Kier molecular flexibility index (Phi) is 8.61. The third-order valence-corrected chi connectivity index (χ3v) is 4.65. The van der Waals surface area contributed by atoms with Crippen LogP contribution < -0.4 is 20.5 Å². The second-order valence-corrected chi connectivity index (χ2v) is 7.08. The zero-order valence-corrected chi connectivity index (χ0v) is 17.4. The SMILES string of the molecule is CCCC(NCc1cc(Br)c(OCC(N)=O)c(OCC)c1)c1ccccc1. The number of hydrogen-bond acceptors (Lipinski definition) is 4. The van der Waals surface area contributed by atoms with Gasteiger partial charge in [-0.15, -0.1) is 0 Å². The maximum Gasteiger partial charge on any atom is 0.255 e. The Bertz CT molecular complexity index is 738. The number of rotatable bonds is 11. The Morgan fingerprint density at radius 2 is 1.93 bits per heavy atom. The smallest absolute Gasteiger partial charge is 0.255 e. The van der Waals surface area contributed by atoms with Crippen molar-refractivity contribution in [1.29, 1.82) is 0 Å². The van der Waals surface area contributed by atoms with Crippen LogP contribution in [0, 0.1) is 0 Å². The molecule has 0 aromatic heterocycles. The highest BCUT2D eigenvalue weighted by atomic mass is 79.9. The standard InChI is InChI=1S/C21H27BrN2O3/c1-3-8-18(16-9-6-5-7-10-16)24-13-15-11-17(22)21(27-14-20(23)25)19(12-15)26-4-2/h5-7,9-12,18,24H,3-4,8,13-14H2,1-2H3,(H2,23,25). The maximum absolute atomic E-state index is 11.0. The van der Waals surface area contributed by atoms with E-state index >= 15 is 0 Å². The third-order valence-electron chi connectivity index (χ3n) is 4.06. The number of carbonyl (C=O) groups is 1. The molecule has 0 spiro atoms. The number of primary amides is 1. The molecule has 27 heavy (non-hydrogen) atoms. The Hall–Kier alpha value is -2.05. The van der Waals surface area contributed by atoms with Crippen molar-refractivity contribution in [1.82, 2.24) is 5.32 Å². The van der Waals surface area contributed by atoms with Crippen LogP contribution >= 0.6 is 15.9 Å². The highest BCUT2D eigenvalue weighted by Crippen LogP contribution is 2.37. The lowest BCUT2D eigenvalue weighted by Crippen LogP contribution is -2.21. The molecular weight excluding hydrogens is 408 g/mol. The van der Waals surface area contributed by atoms with E-state index in [2.05, 4.69) is 52.4 Å². The lowest BCUT2D eigenvalue weighted by atomic mass is 10.0. The summed E-state index contributed by atoms with van der Waals surface area (Å²) in [5.74, 6) is 0.560. The highest BCUT2D eigenvalue weighted by molar-refractivity contribution is 9.10. The monoisotopic (exact) mass is 434 g/mol. The molecule has 2 rings (SSSR count). The molecule has 0 fully saturated rings. The number of carbonyl (C=O) groups excluding carboxylic acids is 1. The zero-order chi connectivity index (χ0) is 19.6. The Morgan fingerprint density at radius 1 is 1.19 bits per heavy atom. The first-order chi connectivity index (χ1) is 13.0. The molecule has 6 heteroatoms. The van der Waals surface area contributed by atoms with Crippen molar-refractivity contribution in [3.8, 4) is 11.5 Å². The number of amides is 1. The lowest BCUT2D eigenvalue weighted by molar-refractivity contribution is -0.119. The summed E-state index contributed by atoms with van der Waals surface area (Å²) in [6.45, 7) is 5.09. The van der Waals surface area contributed by atoms with E-state index in [1.54, 1.807) is 0 Å². The van der Waals surface area contributed by atoms with Gasteiger partial charge in [0.15, 0.2) is 18.1 Å². The van der Waals surface area contributed by atoms with Crippen LogP contribution in [0.1, 0.15) is 43.9 Å². The zero-order valence-electron chi connectivity index (χ0n) is 15.8. The number of hydrogen-bond donors (Lipinski definition) is 2. The van der Waals surface area contributed by atoms with Gasteiger partial charge in [-0.2, -0.15) is 0 Å². The van der Waals surface area contributed by atoms with E-state index in [1.165, 1.54) is 5.56 Å². The van der Waals surface area contributed by atoms with Gasteiger partial charge in [0.2, 0.25) is 0 Å². The number of benzene rings is 2. The molecule has 0 radical (unpaired) electrons. The summed E-state index contributed by atoms with van der Waals surface area (Å²) in [5.41, 5.74) is 7.52. The van der Waals surface area contributed by atoms with Crippen LogP contribution in [0.5, 0.6) is 11.5 Å². The topological polar surface area (TPSA) is 73.6 Å². The highest BCUT2D eigenvalue weighted by Gasteiger charge is 2.15. The van der Waals surface area contributed by atoms with Crippen molar-refractivity contribution in [2.75, 3.05) is 13.2 Å². The van der Waals surface area contributed by atoms with E-state index in [-0.39, 0.29) is 12.6 Å². The number of nitrogens with two attached hydrogens (primary N) is 1. The van der Waals surface area contributed by atoms with Gasteiger partial charge in [-0.1, -0.05) is 43.7 Å². The van der Waals surface area contributed by atoms with Crippen LogP contribution in [0.15, 0.2) is 46.9 Å². The summed E-state index contributed by atoms with van der Waals surface area (Å²) >= 11 is 3.52. The average Bonchev–Trinajstić information content (AvgIpc) is 2.65. The van der Waals surface area contributed by atoms with Crippen LogP contribution in [-0.4, -0.2) is 19.1 Å². The molecule has 0 aliphatic carbocycles. The van der Waals surface area contributed by atoms with Gasteiger partial charge >= 0.3 is 0 Å². The van der Waals surface area contributed by atoms with Gasteiger partial charge in [-0.25, -0.2) is 0 Å². The second kappa shape index (κ2) is 10.9. The van der Waals surface area contributed by atoms with Gasteiger partial charge in [0.05, 0.1) is 11.1 Å². The van der Waals surface area contributed by atoms with Crippen LogP contribution in [0.25, 0.3) is 0 Å². The van der Waals surface area contributed by atoms with Crippen molar-refractivity contribution >= 4 is 21.8 Å². The van der Waals surface area contributed by atoms with Crippen LogP contribution in [0.4, 0.5) is 0 Å². The normalized spacial score (nSPS) is 11.8. The first kappa shape index (κ1) is 21.3. The summed E-state index contributed by atoms with van der Waals surface area (Å²) in [6.07, 6.45) is 2.16. The number of halogens is 1. The minimum atomic E-state index is -0.527. The molecule has 1 atom stereocenters. The van der Waals surface area contributed by atoms with Crippen molar-refractivity contribution in [3.63, 3.8) is 0 Å². The molecule has 0 heterocycles. The van der Waals surface area contributed by atoms with Crippen molar-refractivity contribution in [2.24, 2.45) is 5.73 Å². The molecular formula is C21H27BrN2O3. The van der Waals surface area contributed by atoms with Gasteiger partial charge < -0.3 is 20.5 Å². The van der Waals surface area contributed by atoms with Gasteiger partial charge in [0, 0.05) is 12.6 Å². The van der Waals surface area contributed by atoms with Gasteiger partial charge in [-0.05, 0) is 52.5 Å². The predicted molar refractivity (Wildman–Crippen MR) is 111 cm³/mol. The summed E-state index contributed by atoms with van der Waals surface area (Å²) < 4.78 is 11.9. The largest absolute Gasteiger partial charge is 0.490 e. The number of nitrogens with one attached hydrogen (secondary N) is 1. The van der Waals surface area contributed by atoms with Crippen LogP contribution in [0.2, 0.25) is 0 Å². The van der Waals surface area contributed by atoms with Gasteiger partial charge in [0.1, 0.15) is 0 Å². The van der Waals surface area contributed by atoms with E-state index in [4.69, 9.17) is 15.2 Å². The Morgan fingerprint density at radius 3 is 2.56 bits per heavy atom. The fourth-order valence-electron chi connectivity index (χ4n) is 2.87. The molecule has 146 valence electrons. The van der Waals surface area contributed by atoms with Gasteiger partial charge in [-0.3, -0.25) is 4.79 Å². The van der Waals surface area contributed by atoms with E-state index < -0.39 is 5.91 Å². The van der Waals surface area contributed by atoms with Crippen molar-refractivity contribution in [2.45, 2.75) is 39.3 Å². The minimum absolute atomic E-state index is 0.192. The fourth-order valence-corrected chi connectivity index (χ4v) is 3.48. The summed E-state index contributed by atoms with van der Waals surface area (Å²) in [5, 5.41) is 3.63. The average molecular weight is 435 g/mol. The quantitative estimate of drug-likeness (QED) is 0.551. The van der Waals surface area contributed by atoms with E-state index in [0.717, 1.165) is 22.9 Å². The van der Waals surface area contributed by atoms with Gasteiger partial charge in [0.25, 0.3) is 5.91 Å². The molecule has 1 amide bonds. The molecule has 0 aliphatic heterocycles. The summed E-state index contributed by atoms with van der Waals surface area (Å²) in [6, 6.07) is 14.7. The molecule has 0 saturated heterocycles. The molecule has 2 aromatic carbocycles. The Balaban J connectivity index is 2.16. The van der Waals surface area contributed by atoms with E-state index in [1.807, 2.05) is 25.1 Å². The molecule has 3 N–H and O–H groups in total. The van der Waals surface area contributed by atoms with Crippen molar-refractivity contribution < 1.29 is 14.3 Å². The lowest BCUT2D eigenvalue weighted by Gasteiger charge is -2.20. The second-order valence-electron chi connectivity index (χ2n) is 6.23. The molecule has 5 nitrogen and oxygen atoms in total. The first-order valence-corrected chi connectivity index (χ1v) is 9.99. The molecule has 0 bridgehead atoms. The maximum atomic E-state index is 11.0. The van der Waals surface area contributed by atoms with E-state index in [9.17, 15) is 4.79 Å². The summed E-state index contributed by atoms with van der Waals surface area (Å²) in [4.78, 5) is 11.0.